The molecule has 6 atom stereocenters. The fourth-order valence-electron chi connectivity index (χ4n) is 10.1. The summed E-state index contributed by atoms with van der Waals surface area (Å²) in [7, 11) is -9.90. The summed E-state index contributed by atoms with van der Waals surface area (Å²) < 4.78 is 68.2. The Morgan fingerprint density at radius 3 is 0.816 bits per heavy atom. The van der Waals surface area contributed by atoms with Gasteiger partial charge in [0.1, 0.15) is 19.3 Å². The lowest BCUT2D eigenvalue weighted by Crippen LogP contribution is -2.30. The van der Waals surface area contributed by atoms with E-state index in [0.717, 1.165) is 114 Å². The predicted octanol–water partition coefficient (Wildman–Crippen LogP) is 18.9. The number of aliphatic hydroxyl groups is 1. The van der Waals surface area contributed by atoms with Crippen molar-refractivity contribution in [3.8, 4) is 0 Å². The Morgan fingerprint density at radius 2 is 0.552 bits per heavy atom. The zero-order chi connectivity index (χ0) is 64.7. The summed E-state index contributed by atoms with van der Waals surface area (Å²) in [5.74, 6) is 0.826. The number of carbonyl (C=O) groups is 4. The second-order valence-electron chi connectivity index (χ2n) is 26.2. The van der Waals surface area contributed by atoms with Crippen LogP contribution >= 0.6 is 15.6 Å². The summed E-state index contributed by atoms with van der Waals surface area (Å²) in [5.41, 5.74) is 0. The number of aliphatic hydroxyl groups excluding tert-OH is 1. The highest BCUT2D eigenvalue weighted by Gasteiger charge is 2.30. The van der Waals surface area contributed by atoms with Gasteiger partial charge in [0.2, 0.25) is 0 Å². The van der Waals surface area contributed by atoms with Gasteiger partial charge in [-0.2, -0.15) is 0 Å². The van der Waals surface area contributed by atoms with Gasteiger partial charge in [-0.1, -0.05) is 280 Å². The molecule has 0 fully saturated rings. The van der Waals surface area contributed by atoms with Crippen LogP contribution in [0.25, 0.3) is 0 Å². The molecular formula is C68H132O17P2. The largest absolute Gasteiger partial charge is 0.472 e. The highest BCUT2D eigenvalue weighted by Crippen LogP contribution is 2.45. The fraction of sp³-hybridized carbons (Fsp3) is 0.941. The van der Waals surface area contributed by atoms with Gasteiger partial charge in [-0.05, 0) is 49.4 Å². The van der Waals surface area contributed by atoms with Crippen LogP contribution < -0.4 is 0 Å². The number of esters is 4. The molecule has 3 N–H and O–H groups in total. The van der Waals surface area contributed by atoms with Crippen molar-refractivity contribution in [2.75, 3.05) is 39.6 Å². The minimum Gasteiger partial charge on any atom is -0.462 e. The molecule has 0 amide bonds. The van der Waals surface area contributed by atoms with Gasteiger partial charge in [-0.15, -0.1) is 0 Å². The summed E-state index contributed by atoms with van der Waals surface area (Å²) in [6.45, 7) is 14.0. The monoisotopic (exact) mass is 1280 g/mol. The van der Waals surface area contributed by atoms with Gasteiger partial charge in [-0.3, -0.25) is 37.3 Å². The lowest BCUT2D eigenvalue weighted by Gasteiger charge is -2.21. The lowest BCUT2D eigenvalue weighted by molar-refractivity contribution is -0.161. The molecule has 0 aromatic carbocycles. The first-order valence-electron chi connectivity index (χ1n) is 35.2. The van der Waals surface area contributed by atoms with Gasteiger partial charge in [0.05, 0.1) is 26.4 Å². The van der Waals surface area contributed by atoms with Gasteiger partial charge in [-0.25, -0.2) is 9.13 Å². The van der Waals surface area contributed by atoms with Crippen LogP contribution in [0, 0.1) is 23.7 Å². The number of phosphoric ester groups is 2. The molecule has 0 heterocycles. The number of hydrogen-bond acceptors (Lipinski definition) is 15. The molecule has 0 saturated carbocycles. The molecule has 87 heavy (non-hydrogen) atoms. The summed E-state index contributed by atoms with van der Waals surface area (Å²) in [6, 6.07) is 0. The van der Waals surface area contributed by atoms with E-state index >= 15 is 0 Å². The van der Waals surface area contributed by atoms with E-state index in [9.17, 15) is 43.2 Å². The molecule has 0 aliphatic carbocycles. The highest BCUT2D eigenvalue weighted by atomic mass is 31.2. The van der Waals surface area contributed by atoms with Crippen LogP contribution in [-0.2, 0) is 65.4 Å². The first-order valence-corrected chi connectivity index (χ1v) is 38.2. The number of unbranched alkanes of at least 4 members (excludes halogenated alkanes) is 30. The molecule has 0 radical (unpaired) electrons. The Labute approximate surface area is 530 Å². The van der Waals surface area contributed by atoms with Gasteiger partial charge < -0.3 is 33.8 Å². The van der Waals surface area contributed by atoms with E-state index in [-0.39, 0.29) is 25.7 Å². The predicted molar refractivity (Wildman–Crippen MR) is 349 cm³/mol. The zero-order valence-corrected chi connectivity index (χ0v) is 58.4. The molecule has 0 aromatic heterocycles. The van der Waals surface area contributed by atoms with Crippen molar-refractivity contribution < 1.29 is 80.2 Å². The zero-order valence-electron chi connectivity index (χ0n) is 56.6. The second-order valence-corrected chi connectivity index (χ2v) is 29.1. The Balaban J connectivity index is 5.26. The quantitative estimate of drug-likeness (QED) is 0.0222. The maximum atomic E-state index is 13.0. The van der Waals surface area contributed by atoms with Crippen molar-refractivity contribution in [1.29, 1.82) is 0 Å². The molecule has 0 aromatic rings. The molecule has 19 heteroatoms. The minimum absolute atomic E-state index is 0.104. The third-order valence-corrected chi connectivity index (χ3v) is 17.8. The van der Waals surface area contributed by atoms with Crippen LogP contribution in [0.1, 0.15) is 331 Å². The molecule has 4 unspecified atom stereocenters. The van der Waals surface area contributed by atoms with Crippen LogP contribution in [0.3, 0.4) is 0 Å². The molecule has 0 spiro atoms. The summed E-state index contributed by atoms with van der Waals surface area (Å²) >= 11 is 0. The van der Waals surface area contributed by atoms with E-state index in [1.807, 2.05) is 0 Å². The fourth-order valence-corrected chi connectivity index (χ4v) is 11.7. The van der Waals surface area contributed by atoms with E-state index in [4.69, 9.17) is 37.0 Å². The van der Waals surface area contributed by atoms with Crippen molar-refractivity contribution in [1.82, 2.24) is 0 Å². The Kier molecular flexibility index (Phi) is 56.6. The smallest absolute Gasteiger partial charge is 0.462 e. The maximum absolute atomic E-state index is 13.0. The Bertz CT molecular complexity index is 1730. The Hall–Kier alpha value is -1.94. The minimum atomic E-state index is -4.95. The van der Waals surface area contributed by atoms with E-state index in [1.54, 1.807) is 0 Å². The summed E-state index contributed by atoms with van der Waals surface area (Å²) in [6.07, 6.45) is 39.0. The van der Waals surface area contributed by atoms with Crippen molar-refractivity contribution in [2.45, 2.75) is 350 Å². The van der Waals surface area contributed by atoms with Crippen LogP contribution in [0.5, 0.6) is 0 Å². The first kappa shape index (κ1) is 85.1. The number of ether oxygens (including phenoxy) is 4. The van der Waals surface area contributed by atoms with Crippen molar-refractivity contribution in [3.05, 3.63) is 0 Å². The molecule has 17 nitrogen and oxygen atoms in total. The molecule has 0 aliphatic heterocycles. The standard InChI is InChI=1S/C68H132O17P2/c1-9-61(8)47-39-31-22-15-11-13-17-25-35-43-51-68(73)84-63(54-78-65(70)48-40-32-23-19-18-21-29-37-45-59(4)5)56-82-86(74,75)80-52-62(69)53-81-87(76,77)83-57-64(55-79-66(71)49-41-33-27-26-30-38-46-60(6)7)85-67(72)50-42-34-24-16-12-10-14-20-28-36-44-58(2)3/h58-64,69H,9-57H2,1-8H3,(H,74,75)(H,76,77)/t61?,62?,63-,64-/m1/s1. The molecular weight excluding hydrogens is 1150 g/mol. The highest BCUT2D eigenvalue weighted by molar-refractivity contribution is 7.47. The van der Waals surface area contributed by atoms with Crippen LogP contribution in [-0.4, -0.2) is 96.7 Å². The average molecular weight is 1280 g/mol. The number of hydrogen-bond donors (Lipinski definition) is 3. The third kappa shape index (κ3) is 61.3. The van der Waals surface area contributed by atoms with Gasteiger partial charge in [0, 0.05) is 25.7 Å². The van der Waals surface area contributed by atoms with Crippen LogP contribution in [0.4, 0.5) is 0 Å². The van der Waals surface area contributed by atoms with Crippen LogP contribution in [0.2, 0.25) is 0 Å². The topological polar surface area (TPSA) is 237 Å². The second kappa shape index (κ2) is 57.9. The molecule has 0 saturated heterocycles. The molecule has 0 rings (SSSR count). The summed E-state index contributed by atoms with van der Waals surface area (Å²) in [5, 5.41) is 10.6. The van der Waals surface area contributed by atoms with Crippen LogP contribution in [0.15, 0.2) is 0 Å². The summed E-state index contributed by atoms with van der Waals surface area (Å²) in [4.78, 5) is 72.4. The first-order chi connectivity index (χ1) is 41.6. The van der Waals surface area contributed by atoms with Gasteiger partial charge >= 0.3 is 39.5 Å². The molecule has 0 bridgehead atoms. The van der Waals surface area contributed by atoms with Gasteiger partial charge in [0.25, 0.3) is 0 Å². The normalized spacial score (nSPS) is 14.6. The molecule has 516 valence electrons. The van der Waals surface area contributed by atoms with E-state index in [0.29, 0.717) is 31.6 Å². The third-order valence-electron chi connectivity index (χ3n) is 15.9. The SMILES string of the molecule is CCC(C)CCCCCCCCCCCCC(=O)O[C@H](COC(=O)CCCCCCCCCCC(C)C)COP(=O)(O)OCC(O)COP(=O)(O)OC[C@@H](COC(=O)CCCCCCCCC(C)C)OC(=O)CCCCCCCCCCCCC(C)C. The average Bonchev–Trinajstić information content (AvgIpc) is 3.67. The van der Waals surface area contributed by atoms with Crippen molar-refractivity contribution >= 4 is 39.5 Å². The van der Waals surface area contributed by atoms with E-state index < -0.39 is 97.5 Å². The van der Waals surface area contributed by atoms with E-state index in [2.05, 4.69) is 55.4 Å². The van der Waals surface area contributed by atoms with Gasteiger partial charge in [0.15, 0.2) is 12.2 Å². The maximum Gasteiger partial charge on any atom is 0.472 e. The van der Waals surface area contributed by atoms with Crippen molar-refractivity contribution in [3.63, 3.8) is 0 Å². The lowest BCUT2D eigenvalue weighted by atomic mass is 9.99. The number of rotatable bonds is 65. The number of carbonyl (C=O) groups excluding carboxylic acids is 4. The Morgan fingerprint density at radius 1 is 0.322 bits per heavy atom. The van der Waals surface area contributed by atoms with E-state index in [1.165, 1.54) is 128 Å². The molecule has 0 aliphatic rings. The number of phosphoric acid groups is 2. The van der Waals surface area contributed by atoms with Crippen molar-refractivity contribution in [2.24, 2.45) is 23.7 Å².